The first-order chi connectivity index (χ1) is 9.06. The van der Waals surface area contributed by atoms with Gasteiger partial charge in [0.15, 0.2) is 0 Å². The third-order valence-electron chi connectivity index (χ3n) is 3.27. The van der Waals surface area contributed by atoms with Crippen LogP contribution in [-0.4, -0.2) is 54.4 Å². The number of hydrogen-bond acceptors (Lipinski definition) is 4. The van der Waals surface area contributed by atoms with Crippen LogP contribution in [-0.2, 0) is 9.53 Å². The minimum atomic E-state index is -0.995. The molecule has 0 radical (unpaired) electrons. The van der Waals surface area contributed by atoms with Crippen molar-refractivity contribution >= 4 is 23.8 Å². The average molecular weight is 290 g/mol. The topological polar surface area (TPSA) is 87.7 Å². The third kappa shape index (κ3) is 5.69. The van der Waals surface area contributed by atoms with E-state index in [4.69, 9.17) is 9.84 Å². The van der Waals surface area contributed by atoms with Gasteiger partial charge < -0.3 is 20.5 Å². The maximum absolute atomic E-state index is 11.7. The van der Waals surface area contributed by atoms with Crippen molar-refractivity contribution in [2.45, 2.75) is 43.9 Å². The predicted molar refractivity (Wildman–Crippen MR) is 74.5 cm³/mol. The molecule has 2 amide bonds. The van der Waals surface area contributed by atoms with Gasteiger partial charge in [0.2, 0.25) is 0 Å². The highest BCUT2D eigenvalue weighted by Crippen LogP contribution is 2.21. The largest absolute Gasteiger partial charge is 0.480 e. The molecule has 7 heteroatoms. The Labute approximate surface area is 117 Å². The van der Waals surface area contributed by atoms with Crippen LogP contribution in [0, 0.1) is 0 Å². The number of rotatable bonds is 7. The van der Waals surface area contributed by atoms with E-state index < -0.39 is 18.0 Å². The molecule has 1 saturated carbocycles. The number of hydrogen-bond donors (Lipinski definition) is 3. The first kappa shape index (κ1) is 16.1. The zero-order valence-corrected chi connectivity index (χ0v) is 12.2. The molecule has 0 aromatic rings. The van der Waals surface area contributed by atoms with E-state index in [0.29, 0.717) is 12.2 Å². The number of methoxy groups -OCH3 is 1. The Bertz CT molecular complexity index is 314. The summed E-state index contributed by atoms with van der Waals surface area (Å²) in [7, 11) is 1.66. The molecule has 6 nitrogen and oxygen atoms in total. The van der Waals surface area contributed by atoms with Crippen LogP contribution in [0.1, 0.15) is 25.7 Å². The van der Waals surface area contributed by atoms with Crippen LogP contribution >= 0.6 is 11.8 Å². The Balaban J connectivity index is 2.34. The fourth-order valence-corrected chi connectivity index (χ4v) is 2.64. The Morgan fingerprint density at radius 2 is 2.21 bits per heavy atom. The summed E-state index contributed by atoms with van der Waals surface area (Å²) in [5.41, 5.74) is 0. The van der Waals surface area contributed by atoms with Crippen LogP contribution in [0.3, 0.4) is 0 Å². The third-order valence-corrected chi connectivity index (χ3v) is 3.91. The van der Waals surface area contributed by atoms with Crippen molar-refractivity contribution in [2.75, 3.05) is 19.1 Å². The lowest BCUT2D eigenvalue weighted by molar-refractivity contribution is -0.139. The molecule has 19 heavy (non-hydrogen) atoms. The van der Waals surface area contributed by atoms with Crippen molar-refractivity contribution in [3.8, 4) is 0 Å². The number of carbonyl (C=O) groups is 2. The summed E-state index contributed by atoms with van der Waals surface area (Å²) in [6.07, 6.45) is 5.10. The SMILES string of the molecule is COC1CCC(NC(=O)NC(CCSC)C(=O)O)C1. The molecular weight excluding hydrogens is 268 g/mol. The van der Waals surface area contributed by atoms with E-state index in [9.17, 15) is 9.59 Å². The number of nitrogens with one attached hydrogen (secondary N) is 2. The van der Waals surface area contributed by atoms with E-state index in [1.54, 1.807) is 18.9 Å². The molecule has 1 rings (SSSR count). The predicted octanol–water partition coefficient (Wildman–Crippen LogP) is 1.06. The lowest BCUT2D eigenvalue weighted by Crippen LogP contribution is -2.48. The Morgan fingerprint density at radius 1 is 1.47 bits per heavy atom. The fourth-order valence-electron chi connectivity index (χ4n) is 2.16. The van der Waals surface area contributed by atoms with Gasteiger partial charge in [0.05, 0.1) is 6.10 Å². The summed E-state index contributed by atoms with van der Waals surface area (Å²) >= 11 is 1.56. The normalized spacial score (nSPS) is 23.9. The number of amides is 2. The second kappa shape index (κ2) is 8.27. The molecule has 3 unspecified atom stereocenters. The lowest BCUT2D eigenvalue weighted by atomic mass is 10.2. The second-order valence-corrected chi connectivity index (χ2v) is 5.64. The van der Waals surface area contributed by atoms with Crippen LogP contribution in [0.4, 0.5) is 4.79 Å². The molecule has 0 saturated heterocycles. The van der Waals surface area contributed by atoms with Gasteiger partial charge in [0.25, 0.3) is 0 Å². The summed E-state index contributed by atoms with van der Waals surface area (Å²) in [5, 5.41) is 14.3. The second-order valence-electron chi connectivity index (χ2n) is 4.66. The first-order valence-electron chi connectivity index (χ1n) is 6.38. The lowest BCUT2D eigenvalue weighted by Gasteiger charge is -2.17. The molecule has 110 valence electrons. The molecule has 0 bridgehead atoms. The highest BCUT2D eigenvalue weighted by Gasteiger charge is 2.27. The number of urea groups is 1. The molecule has 1 aliphatic carbocycles. The molecule has 0 aliphatic heterocycles. The van der Waals surface area contributed by atoms with Crippen LogP contribution in [0.2, 0.25) is 0 Å². The van der Waals surface area contributed by atoms with Gasteiger partial charge in [-0.05, 0) is 37.7 Å². The van der Waals surface area contributed by atoms with E-state index in [0.717, 1.165) is 19.3 Å². The van der Waals surface area contributed by atoms with Gasteiger partial charge in [-0.15, -0.1) is 0 Å². The molecule has 3 atom stereocenters. The van der Waals surface area contributed by atoms with E-state index in [-0.39, 0.29) is 12.1 Å². The maximum Gasteiger partial charge on any atom is 0.326 e. The highest BCUT2D eigenvalue weighted by molar-refractivity contribution is 7.98. The summed E-state index contributed by atoms with van der Waals surface area (Å²) < 4.78 is 5.23. The fraction of sp³-hybridized carbons (Fsp3) is 0.833. The van der Waals surface area contributed by atoms with Gasteiger partial charge in [-0.1, -0.05) is 0 Å². The van der Waals surface area contributed by atoms with Crippen molar-refractivity contribution in [3.05, 3.63) is 0 Å². The van der Waals surface area contributed by atoms with Crippen molar-refractivity contribution in [1.82, 2.24) is 10.6 Å². The van der Waals surface area contributed by atoms with Gasteiger partial charge in [0, 0.05) is 13.2 Å². The smallest absolute Gasteiger partial charge is 0.326 e. The van der Waals surface area contributed by atoms with Gasteiger partial charge in [-0.2, -0.15) is 11.8 Å². The van der Waals surface area contributed by atoms with E-state index in [1.807, 2.05) is 6.26 Å². The first-order valence-corrected chi connectivity index (χ1v) is 7.77. The summed E-state index contributed by atoms with van der Waals surface area (Å²) in [6.45, 7) is 0. The molecular formula is C12H22N2O4S. The molecule has 1 aliphatic rings. The van der Waals surface area contributed by atoms with Crippen LogP contribution in [0.15, 0.2) is 0 Å². The van der Waals surface area contributed by atoms with E-state index in [2.05, 4.69) is 10.6 Å². The maximum atomic E-state index is 11.7. The van der Waals surface area contributed by atoms with Crippen molar-refractivity contribution in [2.24, 2.45) is 0 Å². The van der Waals surface area contributed by atoms with Gasteiger partial charge in [-0.25, -0.2) is 9.59 Å². The van der Waals surface area contributed by atoms with Gasteiger partial charge >= 0.3 is 12.0 Å². The Morgan fingerprint density at radius 3 is 2.74 bits per heavy atom. The number of aliphatic carboxylic acids is 1. The number of carboxylic acids is 1. The van der Waals surface area contributed by atoms with Crippen molar-refractivity contribution in [1.29, 1.82) is 0 Å². The minimum absolute atomic E-state index is 0.0694. The summed E-state index contributed by atoms with van der Waals surface area (Å²) in [6, 6.07) is -1.16. The summed E-state index contributed by atoms with van der Waals surface area (Å²) in [5.74, 6) is -0.294. The number of carbonyl (C=O) groups excluding carboxylic acids is 1. The highest BCUT2D eigenvalue weighted by atomic mass is 32.2. The molecule has 3 N–H and O–H groups in total. The van der Waals surface area contributed by atoms with Crippen LogP contribution in [0.25, 0.3) is 0 Å². The molecule has 0 spiro atoms. The molecule has 1 fully saturated rings. The number of thioether (sulfide) groups is 1. The Kier molecular flexibility index (Phi) is 7.01. The number of ether oxygens (including phenoxy) is 1. The standard InChI is InChI=1S/C12H22N2O4S/c1-18-9-4-3-8(7-9)13-12(17)14-10(11(15)16)5-6-19-2/h8-10H,3-7H2,1-2H3,(H,15,16)(H2,13,14,17). The summed E-state index contributed by atoms with van der Waals surface area (Å²) in [4.78, 5) is 22.7. The van der Waals surface area contributed by atoms with Gasteiger partial charge in [0.1, 0.15) is 6.04 Å². The van der Waals surface area contributed by atoms with Crippen LogP contribution < -0.4 is 10.6 Å². The number of carboxylic acid groups (broad SMARTS) is 1. The molecule has 0 aromatic carbocycles. The van der Waals surface area contributed by atoms with Crippen molar-refractivity contribution in [3.63, 3.8) is 0 Å². The molecule has 0 aromatic heterocycles. The minimum Gasteiger partial charge on any atom is -0.480 e. The average Bonchev–Trinajstić information content (AvgIpc) is 2.81. The monoisotopic (exact) mass is 290 g/mol. The van der Waals surface area contributed by atoms with Crippen LogP contribution in [0.5, 0.6) is 0 Å². The van der Waals surface area contributed by atoms with E-state index >= 15 is 0 Å². The zero-order valence-electron chi connectivity index (χ0n) is 11.3. The van der Waals surface area contributed by atoms with Gasteiger partial charge in [-0.3, -0.25) is 0 Å². The quantitative estimate of drug-likeness (QED) is 0.652. The van der Waals surface area contributed by atoms with Crippen molar-refractivity contribution < 1.29 is 19.4 Å². The van der Waals surface area contributed by atoms with E-state index in [1.165, 1.54) is 0 Å². The molecule has 0 heterocycles. The Hall–Kier alpha value is -0.950. The zero-order chi connectivity index (χ0) is 14.3.